The molecule has 0 aliphatic heterocycles. The summed E-state index contributed by atoms with van der Waals surface area (Å²) >= 11 is 0. The second-order valence-corrected chi connectivity index (χ2v) is 5.66. The monoisotopic (exact) mass is 277 g/mol. The number of carbonyl (C=O) groups excluding carboxylic acids is 1. The fourth-order valence-electron chi connectivity index (χ4n) is 2.59. The quantitative estimate of drug-likeness (QED) is 0.866. The molecule has 3 atom stereocenters. The third kappa shape index (κ3) is 2.66. The normalized spacial score (nSPS) is 25.9. The first-order chi connectivity index (χ1) is 9.56. The number of rotatable bonds is 5. The third-order valence-electron chi connectivity index (χ3n) is 4.06. The predicted octanol–water partition coefficient (Wildman–Crippen LogP) is 2.11. The Morgan fingerprint density at radius 1 is 1.20 bits per heavy atom. The van der Waals surface area contributed by atoms with E-state index in [1.165, 1.54) is 12.1 Å². The van der Waals surface area contributed by atoms with Gasteiger partial charge >= 0.3 is 5.97 Å². The zero-order chi connectivity index (χ0) is 14.3. The van der Waals surface area contributed by atoms with Crippen molar-refractivity contribution in [3.8, 4) is 0 Å². The average molecular weight is 277 g/mol. The molecule has 0 heterocycles. The molecule has 1 aromatic carbocycles. The molecule has 106 valence electrons. The Labute approximate surface area is 116 Å². The lowest BCUT2D eigenvalue weighted by molar-refractivity contribution is -0.140. The molecule has 1 amide bonds. The number of hydrogen-bond donors (Lipinski definition) is 2. The fourth-order valence-corrected chi connectivity index (χ4v) is 2.59. The molecule has 2 aliphatic rings. The number of carboxylic acids is 1. The number of carbonyl (C=O) groups is 2. The third-order valence-corrected chi connectivity index (χ3v) is 4.06. The summed E-state index contributed by atoms with van der Waals surface area (Å²) in [6.07, 6.45) is 2.49. The van der Waals surface area contributed by atoms with Crippen LogP contribution >= 0.6 is 0 Å². The SMILES string of the molecule is O=C(N[C@@H](c1ccc(F)cc1)C1CC1)[C@H]1C[C@H]1C(=O)O. The topological polar surface area (TPSA) is 66.4 Å². The Hall–Kier alpha value is -1.91. The lowest BCUT2D eigenvalue weighted by Gasteiger charge is -2.19. The Balaban J connectivity index is 1.68. The van der Waals surface area contributed by atoms with Crippen molar-refractivity contribution in [2.45, 2.75) is 25.3 Å². The molecule has 0 unspecified atom stereocenters. The van der Waals surface area contributed by atoms with E-state index in [0.29, 0.717) is 12.3 Å². The highest BCUT2D eigenvalue weighted by Crippen LogP contribution is 2.43. The van der Waals surface area contributed by atoms with E-state index in [9.17, 15) is 14.0 Å². The van der Waals surface area contributed by atoms with E-state index in [1.54, 1.807) is 12.1 Å². The molecule has 0 saturated heterocycles. The molecule has 0 bridgehead atoms. The molecule has 20 heavy (non-hydrogen) atoms. The molecule has 0 spiro atoms. The molecule has 3 rings (SSSR count). The van der Waals surface area contributed by atoms with Gasteiger partial charge in [-0.25, -0.2) is 4.39 Å². The summed E-state index contributed by atoms with van der Waals surface area (Å²) in [5.41, 5.74) is 0.884. The van der Waals surface area contributed by atoms with E-state index in [4.69, 9.17) is 5.11 Å². The molecule has 2 aliphatic carbocycles. The van der Waals surface area contributed by atoms with Crippen LogP contribution in [0.15, 0.2) is 24.3 Å². The molecular weight excluding hydrogens is 261 g/mol. The van der Waals surface area contributed by atoms with Gasteiger partial charge in [-0.15, -0.1) is 0 Å². The minimum atomic E-state index is -0.907. The van der Waals surface area contributed by atoms with Crippen LogP contribution in [0.4, 0.5) is 4.39 Å². The minimum absolute atomic E-state index is 0.127. The molecular formula is C15H16FNO3. The van der Waals surface area contributed by atoms with Crippen LogP contribution in [0.2, 0.25) is 0 Å². The van der Waals surface area contributed by atoms with Gasteiger partial charge < -0.3 is 10.4 Å². The van der Waals surface area contributed by atoms with Crippen LogP contribution in [-0.2, 0) is 9.59 Å². The molecule has 2 saturated carbocycles. The molecule has 4 nitrogen and oxygen atoms in total. The van der Waals surface area contributed by atoms with E-state index >= 15 is 0 Å². The van der Waals surface area contributed by atoms with Crippen LogP contribution in [0.3, 0.4) is 0 Å². The number of amides is 1. The summed E-state index contributed by atoms with van der Waals surface area (Å²) in [6.45, 7) is 0. The van der Waals surface area contributed by atoms with E-state index < -0.39 is 17.8 Å². The number of aliphatic carboxylic acids is 1. The van der Waals surface area contributed by atoms with Gasteiger partial charge in [0.1, 0.15) is 5.82 Å². The number of hydrogen-bond acceptors (Lipinski definition) is 2. The van der Waals surface area contributed by atoms with E-state index in [0.717, 1.165) is 18.4 Å². The second-order valence-electron chi connectivity index (χ2n) is 5.66. The first-order valence-electron chi connectivity index (χ1n) is 6.85. The van der Waals surface area contributed by atoms with Crippen molar-refractivity contribution in [2.75, 3.05) is 0 Å². The highest BCUT2D eigenvalue weighted by atomic mass is 19.1. The van der Waals surface area contributed by atoms with Crippen LogP contribution < -0.4 is 5.32 Å². The first-order valence-corrected chi connectivity index (χ1v) is 6.85. The molecule has 0 aromatic heterocycles. The fraction of sp³-hybridized carbons (Fsp3) is 0.467. The minimum Gasteiger partial charge on any atom is -0.481 e. The van der Waals surface area contributed by atoms with E-state index in [-0.39, 0.29) is 17.8 Å². The van der Waals surface area contributed by atoms with Gasteiger partial charge in [-0.2, -0.15) is 0 Å². The van der Waals surface area contributed by atoms with Crippen molar-refractivity contribution in [3.63, 3.8) is 0 Å². The van der Waals surface area contributed by atoms with Crippen LogP contribution in [-0.4, -0.2) is 17.0 Å². The summed E-state index contributed by atoms with van der Waals surface area (Å²) < 4.78 is 13.0. The van der Waals surface area contributed by atoms with E-state index in [2.05, 4.69) is 5.32 Å². The van der Waals surface area contributed by atoms with Gasteiger partial charge in [0.05, 0.1) is 17.9 Å². The Kier molecular flexibility index (Phi) is 3.20. The summed E-state index contributed by atoms with van der Waals surface area (Å²) in [5, 5.41) is 11.8. The first kappa shape index (κ1) is 13.1. The zero-order valence-corrected chi connectivity index (χ0v) is 10.9. The summed E-state index contributed by atoms with van der Waals surface area (Å²) in [6, 6.07) is 6.00. The van der Waals surface area contributed by atoms with Crippen molar-refractivity contribution in [1.82, 2.24) is 5.32 Å². The van der Waals surface area contributed by atoms with Crippen LogP contribution in [0.1, 0.15) is 30.9 Å². The largest absolute Gasteiger partial charge is 0.481 e. The predicted molar refractivity (Wildman–Crippen MR) is 69.2 cm³/mol. The Morgan fingerprint density at radius 2 is 1.85 bits per heavy atom. The number of carboxylic acid groups (broad SMARTS) is 1. The second kappa shape index (κ2) is 4.89. The lowest BCUT2D eigenvalue weighted by Crippen LogP contribution is -2.32. The van der Waals surface area contributed by atoms with Crippen molar-refractivity contribution in [1.29, 1.82) is 0 Å². The molecule has 1 aromatic rings. The van der Waals surface area contributed by atoms with Gasteiger partial charge in [-0.3, -0.25) is 9.59 Å². The van der Waals surface area contributed by atoms with Gasteiger partial charge in [-0.1, -0.05) is 12.1 Å². The standard InChI is InChI=1S/C15H16FNO3/c16-10-5-3-9(4-6-10)13(8-1-2-8)17-14(18)11-7-12(11)15(19)20/h3-6,8,11-13H,1-2,7H2,(H,17,18)(H,19,20)/t11-,12+,13+/m0/s1. The van der Waals surface area contributed by atoms with E-state index in [1.807, 2.05) is 0 Å². The van der Waals surface area contributed by atoms with Gasteiger partial charge in [0.25, 0.3) is 0 Å². The van der Waals surface area contributed by atoms with Gasteiger partial charge in [0.15, 0.2) is 0 Å². The number of halogens is 1. The van der Waals surface area contributed by atoms with Crippen molar-refractivity contribution >= 4 is 11.9 Å². The number of nitrogens with one attached hydrogen (secondary N) is 1. The maximum Gasteiger partial charge on any atom is 0.307 e. The molecule has 2 fully saturated rings. The smallest absolute Gasteiger partial charge is 0.307 e. The summed E-state index contributed by atoms with van der Waals surface area (Å²) in [4.78, 5) is 22.8. The highest BCUT2D eigenvalue weighted by molar-refractivity contribution is 5.89. The van der Waals surface area contributed by atoms with Crippen LogP contribution in [0, 0.1) is 23.6 Å². The zero-order valence-electron chi connectivity index (χ0n) is 10.9. The highest BCUT2D eigenvalue weighted by Gasteiger charge is 2.49. The summed E-state index contributed by atoms with van der Waals surface area (Å²) in [5.74, 6) is -1.97. The van der Waals surface area contributed by atoms with Crippen molar-refractivity contribution in [2.24, 2.45) is 17.8 Å². The van der Waals surface area contributed by atoms with Crippen LogP contribution in [0.5, 0.6) is 0 Å². The van der Waals surface area contributed by atoms with Gasteiger partial charge in [0, 0.05) is 0 Å². The molecule has 0 radical (unpaired) electrons. The lowest BCUT2D eigenvalue weighted by atomic mass is 10.0. The molecule has 2 N–H and O–H groups in total. The average Bonchev–Trinajstić information content (AvgIpc) is 3.28. The van der Waals surface area contributed by atoms with Gasteiger partial charge in [-0.05, 0) is 42.9 Å². The summed E-state index contributed by atoms with van der Waals surface area (Å²) in [7, 11) is 0. The van der Waals surface area contributed by atoms with Crippen molar-refractivity contribution in [3.05, 3.63) is 35.6 Å². The molecule has 5 heteroatoms. The maximum atomic E-state index is 13.0. The maximum absolute atomic E-state index is 13.0. The van der Waals surface area contributed by atoms with Gasteiger partial charge in [0.2, 0.25) is 5.91 Å². The Morgan fingerprint density at radius 3 is 2.35 bits per heavy atom. The number of benzene rings is 1. The van der Waals surface area contributed by atoms with Crippen molar-refractivity contribution < 1.29 is 19.1 Å². The Bertz CT molecular complexity index is 539. The van der Waals surface area contributed by atoms with Crippen LogP contribution in [0.25, 0.3) is 0 Å².